The number of benzene rings is 2. The van der Waals surface area contributed by atoms with Gasteiger partial charge in [0.05, 0.1) is 6.04 Å². The molecule has 2 aromatic rings. The second-order valence-electron chi connectivity index (χ2n) is 9.90. The summed E-state index contributed by atoms with van der Waals surface area (Å²) in [5.41, 5.74) is 6.01. The summed E-state index contributed by atoms with van der Waals surface area (Å²) in [6.45, 7) is 1.20. The van der Waals surface area contributed by atoms with Crippen molar-refractivity contribution in [2.45, 2.75) is 70.1 Å². The van der Waals surface area contributed by atoms with Crippen molar-refractivity contribution >= 4 is 23.8 Å². The van der Waals surface area contributed by atoms with E-state index in [-0.39, 0.29) is 35.9 Å². The quantitative estimate of drug-likeness (QED) is 0.210. The van der Waals surface area contributed by atoms with Gasteiger partial charge >= 0.3 is 0 Å². The molecule has 39 heavy (non-hydrogen) atoms. The molecule has 0 bridgehead atoms. The third-order valence-electron chi connectivity index (χ3n) is 6.91. The van der Waals surface area contributed by atoms with Crippen molar-refractivity contribution in [1.29, 1.82) is 0 Å². The Bertz CT molecular complexity index is 1160. The summed E-state index contributed by atoms with van der Waals surface area (Å²) in [4.78, 5) is 41.8. The van der Waals surface area contributed by atoms with Crippen molar-refractivity contribution in [2.75, 3.05) is 13.2 Å². The molecule has 1 saturated heterocycles. The Morgan fingerprint density at radius 3 is 2.67 bits per heavy atom. The standard InChI is InChI=1S/C30H36FN3O5/c31-24-13-10-22(11-14-24)30(37)33-26-16-12-23-20-21(8-15-25(23)26)9-17-27(35)32-18-4-1-2-6-28(36)34-39-29-7-3-5-19-38-29/h8-11,13-15,17,20,26,29H,1-7,12,16,18-19H2,(H,32,35)(H,33,37)(H,34,36). The lowest BCUT2D eigenvalue weighted by Gasteiger charge is -2.22. The van der Waals surface area contributed by atoms with E-state index < -0.39 is 0 Å². The first-order valence-corrected chi connectivity index (χ1v) is 13.7. The van der Waals surface area contributed by atoms with Gasteiger partial charge in [0.2, 0.25) is 11.8 Å². The lowest BCUT2D eigenvalue weighted by atomic mass is 10.0. The van der Waals surface area contributed by atoms with Crippen LogP contribution < -0.4 is 16.1 Å². The molecule has 1 heterocycles. The van der Waals surface area contributed by atoms with Gasteiger partial charge < -0.3 is 15.4 Å². The average Bonchev–Trinajstić information content (AvgIpc) is 3.35. The molecule has 3 amide bonds. The van der Waals surface area contributed by atoms with Gasteiger partial charge in [0, 0.05) is 37.6 Å². The largest absolute Gasteiger partial charge is 0.353 e. The fraction of sp³-hybridized carbons (Fsp3) is 0.433. The van der Waals surface area contributed by atoms with E-state index in [1.165, 1.54) is 30.3 Å². The number of ether oxygens (including phenoxy) is 1. The van der Waals surface area contributed by atoms with Crippen LogP contribution in [0.3, 0.4) is 0 Å². The lowest BCUT2D eigenvalue weighted by molar-refractivity contribution is -0.200. The second kappa shape index (κ2) is 14.6. The molecule has 2 aromatic carbocycles. The Labute approximate surface area is 228 Å². The van der Waals surface area contributed by atoms with Gasteiger partial charge in [-0.15, -0.1) is 0 Å². The van der Waals surface area contributed by atoms with Gasteiger partial charge in [-0.2, -0.15) is 0 Å². The maximum absolute atomic E-state index is 13.1. The molecule has 1 fully saturated rings. The van der Waals surface area contributed by atoms with Gasteiger partial charge in [-0.25, -0.2) is 14.7 Å². The maximum Gasteiger partial charge on any atom is 0.251 e. The van der Waals surface area contributed by atoms with E-state index in [0.717, 1.165) is 61.6 Å². The first-order chi connectivity index (χ1) is 19.0. The number of hydrogen-bond acceptors (Lipinski definition) is 5. The van der Waals surface area contributed by atoms with E-state index in [4.69, 9.17) is 9.57 Å². The highest BCUT2D eigenvalue weighted by molar-refractivity contribution is 5.94. The minimum absolute atomic E-state index is 0.0941. The van der Waals surface area contributed by atoms with Gasteiger partial charge in [0.15, 0.2) is 6.29 Å². The monoisotopic (exact) mass is 537 g/mol. The van der Waals surface area contributed by atoms with Crippen LogP contribution in [-0.4, -0.2) is 37.2 Å². The molecule has 0 aromatic heterocycles. The van der Waals surface area contributed by atoms with Crippen LogP contribution in [0.4, 0.5) is 4.39 Å². The van der Waals surface area contributed by atoms with Crippen LogP contribution in [0.2, 0.25) is 0 Å². The molecule has 208 valence electrons. The zero-order valence-corrected chi connectivity index (χ0v) is 22.0. The Morgan fingerprint density at radius 2 is 1.87 bits per heavy atom. The molecule has 2 atom stereocenters. The van der Waals surface area contributed by atoms with Crippen molar-refractivity contribution in [1.82, 2.24) is 16.1 Å². The van der Waals surface area contributed by atoms with E-state index in [9.17, 15) is 18.8 Å². The third kappa shape index (κ3) is 9.01. The molecule has 0 radical (unpaired) electrons. The van der Waals surface area contributed by atoms with Crippen LogP contribution >= 0.6 is 0 Å². The SMILES string of the molecule is O=C(C=Cc1ccc2c(c1)CCC2NC(=O)c1ccc(F)cc1)NCCCCCC(=O)NOC1CCCCO1. The summed E-state index contributed by atoms with van der Waals surface area (Å²) in [5.74, 6) is -0.929. The topological polar surface area (TPSA) is 106 Å². The Hall–Kier alpha value is -3.56. The summed E-state index contributed by atoms with van der Waals surface area (Å²) >= 11 is 0. The Kier molecular flexibility index (Phi) is 10.6. The summed E-state index contributed by atoms with van der Waals surface area (Å²) in [6.07, 6.45) is 10.1. The van der Waals surface area contributed by atoms with Crippen LogP contribution in [0.5, 0.6) is 0 Å². The molecule has 0 spiro atoms. The third-order valence-corrected chi connectivity index (χ3v) is 6.91. The number of carbonyl (C=O) groups is 3. The molecule has 0 saturated carbocycles. The number of halogens is 1. The van der Waals surface area contributed by atoms with Crippen molar-refractivity contribution in [3.63, 3.8) is 0 Å². The zero-order chi connectivity index (χ0) is 27.5. The maximum atomic E-state index is 13.1. The minimum atomic E-state index is -0.375. The summed E-state index contributed by atoms with van der Waals surface area (Å²) < 4.78 is 18.5. The normalized spacial score (nSPS) is 18.5. The first-order valence-electron chi connectivity index (χ1n) is 13.7. The number of unbranched alkanes of at least 4 members (excludes halogenated alkanes) is 2. The van der Waals surface area contributed by atoms with Gasteiger partial charge in [0.1, 0.15) is 5.82 Å². The molecular weight excluding hydrogens is 501 g/mol. The number of hydroxylamine groups is 1. The number of fused-ring (bicyclic) bond motifs is 1. The van der Waals surface area contributed by atoms with E-state index in [2.05, 4.69) is 16.1 Å². The van der Waals surface area contributed by atoms with Gasteiger partial charge in [-0.1, -0.05) is 24.6 Å². The van der Waals surface area contributed by atoms with Crippen LogP contribution in [0.25, 0.3) is 6.08 Å². The minimum Gasteiger partial charge on any atom is -0.353 e. The summed E-state index contributed by atoms with van der Waals surface area (Å²) in [7, 11) is 0. The zero-order valence-electron chi connectivity index (χ0n) is 22.0. The number of amides is 3. The van der Waals surface area contributed by atoms with Crippen molar-refractivity contribution in [3.05, 3.63) is 76.6 Å². The molecule has 4 rings (SSSR count). The first kappa shape index (κ1) is 28.4. The van der Waals surface area contributed by atoms with E-state index >= 15 is 0 Å². The molecule has 3 N–H and O–H groups in total. The fourth-order valence-electron chi connectivity index (χ4n) is 4.75. The van der Waals surface area contributed by atoms with Crippen molar-refractivity contribution in [2.24, 2.45) is 0 Å². The van der Waals surface area contributed by atoms with E-state index in [0.29, 0.717) is 31.6 Å². The Balaban J connectivity index is 1.11. The molecule has 2 aliphatic rings. The smallest absolute Gasteiger partial charge is 0.251 e. The average molecular weight is 538 g/mol. The van der Waals surface area contributed by atoms with Crippen LogP contribution in [-0.2, 0) is 25.6 Å². The molecule has 2 unspecified atom stereocenters. The van der Waals surface area contributed by atoms with Gasteiger partial charge in [0.25, 0.3) is 5.91 Å². The number of nitrogens with one attached hydrogen (secondary N) is 3. The van der Waals surface area contributed by atoms with E-state index in [1.807, 2.05) is 18.2 Å². The highest BCUT2D eigenvalue weighted by atomic mass is 19.1. The fourth-order valence-corrected chi connectivity index (χ4v) is 4.75. The van der Waals surface area contributed by atoms with Gasteiger partial charge in [-0.05, 0) is 85.6 Å². The summed E-state index contributed by atoms with van der Waals surface area (Å²) in [6, 6.07) is 11.4. The van der Waals surface area contributed by atoms with Gasteiger partial charge in [-0.3, -0.25) is 14.4 Å². The highest BCUT2D eigenvalue weighted by Crippen LogP contribution is 2.32. The Morgan fingerprint density at radius 1 is 1.03 bits per heavy atom. The predicted octanol–water partition coefficient (Wildman–Crippen LogP) is 4.51. The molecule has 9 heteroatoms. The molecule has 8 nitrogen and oxygen atoms in total. The number of aryl methyl sites for hydroxylation is 1. The van der Waals surface area contributed by atoms with Crippen LogP contribution in [0.1, 0.15) is 84.5 Å². The summed E-state index contributed by atoms with van der Waals surface area (Å²) in [5, 5.41) is 5.90. The lowest BCUT2D eigenvalue weighted by Crippen LogP contribution is -2.33. The molecular formula is C30H36FN3O5. The second-order valence-corrected chi connectivity index (χ2v) is 9.90. The molecule has 1 aliphatic heterocycles. The highest BCUT2D eigenvalue weighted by Gasteiger charge is 2.24. The van der Waals surface area contributed by atoms with E-state index in [1.54, 1.807) is 6.08 Å². The molecule has 1 aliphatic carbocycles. The number of carbonyl (C=O) groups excluding carboxylic acids is 3. The van der Waals surface area contributed by atoms with Crippen molar-refractivity contribution in [3.8, 4) is 0 Å². The van der Waals surface area contributed by atoms with Crippen molar-refractivity contribution < 1.29 is 28.3 Å². The number of rotatable bonds is 12. The van der Waals surface area contributed by atoms with Crippen LogP contribution in [0.15, 0.2) is 48.5 Å². The number of hydrogen-bond donors (Lipinski definition) is 3. The van der Waals surface area contributed by atoms with Crippen LogP contribution in [0, 0.1) is 5.82 Å². The predicted molar refractivity (Wildman–Crippen MR) is 145 cm³/mol.